The van der Waals surface area contributed by atoms with Crippen molar-refractivity contribution < 1.29 is 4.79 Å². The maximum atomic E-state index is 11.8. The van der Waals surface area contributed by atoms with Gasteiger partial charge in [-0.2, -0.15) is 0 Å². The van der Waals surface area contributed by atoms with Crippen molar-refractivity contribution in [3.05, 3.63) is 23.8 Å². The molecule has 0 radical (unpaired) electrons. The second-order valence-electron chi connectivity index (χ2n) is 4.19. The summed E-state index contributed by atoms with van der Waals surface area (Å²) < 4.78 is 0. The molecule has 4 nitrogen and oxygen atoms in total. The number of carbonyl (C=O) groups is 1. The molecule has 5 heteroatoms. The summed E-state index contributed by atoms with van der Waals surface area (Å²) >= 11 is 5.60. The Balaban J connectivity index is 2.36. The molecular formula is C13H16ClN3O. The number of amidine groups is 1. The van der Waals surface area contributed by atoms with E-state index in [1.165, 1.54) is 0 Å². The summed E-state index contributed by atoms with van der Waals surface area (Å²) in [6, 6.07) is 5.76. The predicted octanol–water partition coefficient (Wildman–Crippen LogP) is 2.21. The summed E-state index contributed by atoms with van der Waals surface area (Å²) in [4.78, 5) is 17.8. The van der Waals surface area contributed by atoms with Gasteiger partial charge >= 0.3 is 0 Å². The number of amides is 1. The van der Waals surface area contributed by atoms with Crippen LogP contribution in [-0.4, -0.2) is 24.2 Å². The first kappa shape index (κ1) is 12.9. The van der Waals surface area contributed by atoms with Gasteiger partial charge in [0.15, 0.2) is 0 Å². The van der Waals surface area contributed by atoms with E-state index < -0.39 is 0 Å². The average molecular weight is 266 g/mol. The fourth-order valence-corrected chi connectivity index (χ4v) is 2.22. The zero-order valence-electron chi connectivity index (χ0n) is 10.3. The summed E-state index contributed by atoms with van der Waals surface area (Å²) in [7, 11) is 0. The molecule has 0 saturated heterocycles. The van der Waals surface area contributed by atoms with Gasteiger partial charge in [-0.1, -0.05) is 0 Å². The maximum absolute atomic E-state index is 11.8. The summed E-state index contributed by atoms with van der Waals surface area (Å²) in [6.45, 7) is 2.67. The SMILES string of the molecule is CCN1C(=O)CCc2cc(N=C(N)CCl)ccc21. The van der Waals surface area contributed by atoms with E-state index in [1.54, 1.807) is 4.90 Å². The van der Waals surface area contributed by atoms with Crippen LogP contribution in [0.15, 0.2) is 23.2 Å². The summed E-state index contributed by atoms with van der Waals surface area (Å²) in [5.41, 5.74) is 8.52. The van der Waals surface area contributed by atoms with E-state index in [4.69, 9.17) is 17.3 Å². The van der Waals surface area contributed by atoms with Crippen LogP contribution in [0.1, 0.15) is 18.9 Å². The van der Waals surface area contributed by atoms with Gasteiger partial charge in [-0.3, -0.25) is 4.79 Å². The summed E-state index contributed by atoms with van der Waals surface area (Å²) in [5.74, 6) is 0.800. The Hall–Kier alpha value is -1.55. The predicted molar refractivity (Wildman–Crippen MR) is 74.8 cm³/mol. The normalized spacial score (nSPS) is 15.8. The number of anilines is 1. The first-order valence-corrected chi connectivity index (χ1v) is 6.51. The Labute approximate surface area is 111 Å². The monoisotopic (exact) mass is 265 g/mol. The third kappa shape index (κ3) is 2.48. The number of alkyl halides is 1. The van der Waals surface area contributed by atoms with Crippen molar-refractivity contribution in [1.29, 1.82) is 0 Å². The van der Waals surface area contributed by atoms with Gasteiger partial charge in [0.05, 0.1) is 11.6 Å². The van der Waals surface area contributed by atoms with Gasteiger partial charge in [-0.05, 0) is 37.1 Å². The molecular weight excluding hydrogens is 250 g/mol. The summed E-state index contributed by atoms with van der Waals surface area (Å²) in [6.07, 6.45) is 1.31. The maximum Gasteiger partial charge on any atom is 0.227 e. The number of fused-ring (bicyclic) bond motifs is 1. The van der Waals surface area contributed by atoms with E-state index in [9.17, 15) is 4.79 Å². The number of halogens is 1. The van der Waals surface area contributed by atoms with Crippen LogP contribution >= 0.6 is 11.6 Å². The standard InChI is InChI=1S/C13H16ClN3O/c1-2-17-11-5-4-10(16-12(15)8-14)7-9(11)3-6-13(17)18/h4-5,7H,2-3,6,8H2,1H3,(H2,15,16). The van der Waals surface area contributed by atoms with Crippen LogP contribution in [0.25, 0.3) is 0 Å². The van der Waals surface area contributed by atoms with Crippen LogP contribution < -0.4 is 10.6 Å². The molecule has 0 saturated carbocycles. The minimum atomic E-state index is 0.182. The van der Waals surface area contributed by atoms with E-state index in [1.807, 2.05) is 25.1 Å². The molecule has 0 aromatic heterocycles. The Morgan fingerprint density at radius 2 is 2.28 bits per heavy atom. The number of aliphatic imine (C=N–C) groups is 1. The molecule has 1 heterocycles. The average Bonchev–Trinajstić information content (AvgIpc) is 2.38. The largest absolute Gasteiger partial charge is 0.386 e. The lowest BCUT2D eigenvalue weighted by Gasteiger charge is -2.28. The van der Waals surface area contributed by atoms with E-state index in [2.05, 4.69) is 4.99 Å². The number of hydrogen-bond donors (Lipinski definition) is 1. The van der Waals surface area contributed by atoms with Crippen LogP contribution in [0.4, 0.5) is 11.4 Å². The van der Waals surface area contributed by atoms with Crippen molar-refractivity contribution in [1.82, 2.24) is 0 Å². The van der Waals surface area contributed by atoms with E-state index in [0.717, 1.165) is 23.4 Å². The third-order valence-corrected chi connectivity index (χ3v) is 3.26. The van der Waals surface area contributed by atoms with Gasteiger partial charge in [-0.15, -0.1) is 11.6 Å². The van der Waals surface area contributed by atoms with Crippen LogP contribution in [0, 0.1) is 0 Å². The lowest BCUT2D eigenvalue weighted by Crippen LogP contribution is -2.34. The number of nitrogens with two attached hydrogens (primary N) is 1. The highest BCUT2D eigenvalue weighted by Crippen LogP contribution is 2.31. The Kier molecular flexibility index (Phi) is 3.87. The second kappa shape index (κ2) is 5.40. The minimum Gasteiger partial charge on any atom is -0.386 e. The minimum absolute atomic E-state index is 0.182. The summed E-state index contributed by atoms with van der Waals surface area (Å²) in [5, 5.41) is 0. The van der Waals surface area contributed by atoms with E-state index in [-0.39, 0.29) is 11.8 Å². The van der Waals surface area contributed by atoms with Gasteiger partial charge < -0.3 is 10.6 Å². The molecule has 0 atom stereocenters. The number of aryl methyl sites for hydroxylation is 1. The highest BCUT2D eigenvalue weighted by atomic mass is 35.5. The Bertz CT molecular complexity index is 499. The van der Waals surface area contributed by atoms with Crippen molar-refractivity contribution in [3.63, 3.8) is 0 Å². The molecule has 18 heavy (non-hydrogen) atoms. The molecule has 96 valence electrons. The molecule has 0 unspecified atom stereocenters. The second-order valence-corrected chi connectivity index (χ2v) is 4.46. The number of nitrogens with zero attached hydrogens (tertiary/aromatic N) is 2. The molecule has 1 aliphatic heterocycles. The van der Waals surface area contributed by atoms with Gasteiger partial charge in [0, 0.05) is 18.7 Å². The molecule has 1 aliphatic rings. The molecule has 1 aromatic rings. The molecule has 0 fully saturated rings. The van der Waals surface area contributed by atoms with Crippen molar-refractivity contribution in [2.75, 3.05) is 17.3 Å². The van der Waals surface area contributed by atoms with Crippen molar-refractivity contribution in [2.45, 2.75) is 19.8 Å². The Morgan fingerprint density at radius 3 is 2.94 bits per heavy atom. The molecule has 0 aliphatic carbocycles. The van der Waals surface area contributed by atoms with Crippen LogP contribution in [0.5, 0.6) is 0 Å². The zero-order chi connectivity index (χ0) is 13.1. The fourth-order valence-electron chi connectivity index (χ4n) is 2.16. The van der Waals surface area contributed by atoms with Crippen LogP contribution in [-0.2, 0) is 11.2 Å². The quantitative estimate of drug-likeness (QED) is 0.518. The lowest BCUT2D eigenvalue weighted by atomic mass is 10.0. The van der Waals surface area contributed by atoms with Crippen LogP contribution in [0.3, 0.4) is 0 Å². The van der Waals surface area contributed by atoms with E-state index in [0.29, 0.717) is 18.8 Å². The van der Waals surface area contributed by atoms with Crippen LogP contribution in [0.2, 0.25) is 0 Å². The van der Waals surface area contributed by atoms with Gasteiger partial charge in [0.1, 0.15) is 5.84 Å². The molecule has 2 rings (SSSR count). The van der Waals surface area contributed by atoms with Crippen molar-refractivity contribution in [2.24, 2.45) is 10.7 Å². The van der Waals surface area contributed by atoms with Gasteiger partial charge in [-0.25, -0.2) is 4.99 Å². The first-order valence-electron chi connectivity index (χ1n) is 5.98. The highest BCUT2D eigenvalue weighted by Gasteiger charge is 2.22. The fraction of sp³-hybridized carbons (Fsp3) is 0.385. The number of hydrogen-bond acceptors (Lipinski definition) is 2. The zero-order valence-corrected chi connectivity index (χ0v) is 11.1. The highest BCUT2D eigenvalue weighted by molar-refractivity contribution is 6.28. The number of rotatable bonds is 3. The van der Waals surface area contributed by atoms with Crippen molar-refractivity contribution >= 4 is 34.7 Å². The molecule has 0 spiro atoms. The number of carbonyl (C=O) groups excluding carboxylic acids is 1. The third-order valence-electron chi connectivity index (χ3n) is 2.99. The topological polar surface area (TPSA) is 58.7 Å². The smallest absolute Gasteiger partial charge is 0.227 e. The molecule has 1 aromatic carbocycles. The lowest BCUT2D eigenvalue weighted by molar-refractivity contribution is -0.118. The number of benzene rings is 1. The van der Waals surface area contributed by atoms with Gasteiger partial charge in [0.25, 0.3) is 0 Å². The van der Waals surface area contributed by atoms with Crippen molar-refractivity contribution in [3.8, 4) is 0 Å². The molecule has 2 N–H and O–H groups in total. The first-order chi connectivity index (χ1) is 8.65. The van der Waals surface area contributed by atoms with E-state index >= 15 is 0 Å². The Morgan fingerprint density at radius 1 is 1.50 bits per heavy atom. The molecule has 0 bridgehead atoms. The molecule has 1 amide bonds. The van der Waals surface area contributed by atoms with Gasteiger partial charge in [0.2, 0.25) is 5.91 Å².